The Morgan fingerprint density at radius 1 is 0.794 bits per heavy atom. The van der Waals surface area contributed by atoms with Crippen molar-refractivity contribution in [2.75, 3.05) is 0 Å². The first-order valence-corrected chi connectivity index (χ1v) is 12.3. The Hall–Kier alpha value is -3.40. The molecule has 4 nitrogen and oxygen atoms in total. The van der Waals surface area contributed by atoms with E-state index in [4.69, 9.17) is 9.84 Å². The van der Waals surface area contributed by atoms with Gasteiger partial charge in [-0.05, 0) is 91.0 Å². The molecule has 0 aliphatic heterocycles. The molecule has 0 spiro atoms. The highest BCUT2D eigenvalue weighted by Crippen LogP contribution is 2.34. The molecule has 0 atom stereocenters. The number of carboxylic acids is 1. The van der Waals surface area contributed by atoms with Crippen LogP contribution >= 0.6 is 0 Å². The molecule has 4 heteroatoms. The molecule has 1 fully saturated rings. The maximum absolute atomic E-state index is 12.7. The van der Waals surface area contributed by atoms with E-state index in [2.05, 4.69) is 31.2 Å². The van der Waals surface area contributed by atoms with E-state index in [0.717, 1.165) is 43.2 Å². The third-order valence-electron chi connectivity index (χ3n) is 6.80. The highest BCUT2D eigenvalue weighted by Gasteiger charge is 2.25. The molecule has 0 heterocycles. The van der Waals surface area contributed by atoms with Crippen LogP contribution in [0.4, 0.5) is 0 Å². The Kier molecular flexibility index (Phi) is 7.79. The number of ether oxygens (including phenoxy) is 1. The number of carbonyl (C=O) groups is 2. The summed E-state index contributed by atoms with van der Waals surface area (Å²) in [6.45, 7) is 2.22. The number of hydrogen-bond donors (Lipinski definition) is 1. The number of hydrogen-bond acceptors (Lipinski definition) is 3. The molecule has 0 unspecified atom stereocenters. The third-order valence-corrected chi connectivity index (χ3v) is 6.80. The molecule has 4 rings (SSSR count). The monoisotopic (exact) mass is 456 g/mol. The van der Waals surface area contributed by atoms with E-state index in [1.165, 1.54) is 24.0 Å². The predicted molar refractivity (Wildman–Crippen MR) is 134 cm³/mol. The third kappa shape index (κ3) is 5.93. The van der Waals surface area contributed by atoms with Crippen molar-refractivity contribution < 1.29 is 19.4 Å². The fourth-order valence-electron chi connectivity index (χ4n) is 4.67. The van der Waals surface area contributed by atoms with Gasteiger partial charge in [0.05, 0.1) is 11.1 Å². The summed E-state index contributed by atoms with van der Waals surface area (Å²) in [6, 6.07) is 23.1. The van der Waals surface area contributed by atoms with Crippen LogP contribution in [0.25, 0.3) is 11.1 Å². The minimum Gasteiger partial charge on any atom is -0.478 e. The summed E-state index contributed by atoms with van der Waals surface area (Å²) in [7, 11) is 0. The molecule has 176 valence electrons. The van der Waals surface area contributed by atoms with Gasteiger partial charge in [0.15, 0.2) is 0 Å². The van der Waals surface area contributed by atoms with Gasteiger partial charge in [-0.15, -0.1) is 0 Å². The molecule has 1 N–H and O–H groups in total. The fraction of sp³-hybridized carbons (Fsp3) is 0.333. The van der Waals surface area contributed by atoms with E-state index in [0.29, 0.717) is 11.5 Å². The number of aromatic carboxylic acids is 1. The van der Waals surface area contributed by atoms with Crippen molar-refractivity contribution in [3.05, 3.63) is 95.1 Å². The molecule has 3 aromatic rings. The van der Waals surface area contributed by atoms with Gasteiger partial charge >= 0.3 is 11.9 Å². The maximum Gasteiger partial charge on any atom is 0.338 e. The first-order valence-electron chi connectivity index (χ1n) is 12.3. The minimum absolute atomic E-state index is 0.0317. The second kappa shape index (κ2) is 11.1. The lowest BCUT2D eigenvalue weighted by Gasteiger charge is -2.28. The SMILES string of the molecule is CCCCc1ccc(C2CCC(OC(=O)c3ccc(-c4ccc(C(=O)O)cc4)cc3)CC2)cc1. The van der Waals surface area contributed by atoms with E-state index in [-0.39, 0.29) is 17.6 Å². The van der Waals surface area contributed by atoms with Crippen molar-refractivity contribution >= 4 is 11.9 Å². The van der Waals surface area contributed by atoms with Gasteiger partial charge in [-0.25, -0.2) is 9.59 Å². The number of rotatable bonds is 8. The molecule has 0 bridgehead atoms. The Labute approximate surface area is 201 Å². The Bertz CT molecular complexity index is 1090. The van der Waals surface area contributed by atoms with E-state index < -0.39 is 5.97 Å². The van der Waals surface area contributed by atoms with Crippen molar-refractivity contribution in [3.8, 4) is 11.1 Å². The lowest BCUT2D eigenvalue weighted by atomic mass is 9.82. The number of unbranched alkanes of at least 4 members (excludes halogenated alkanes) is 1. The van der Waals surface area contributed by atoms with Crippen LogP contribution in [-0.4, -0.2) is 23.1 Å². The van der Waals surface area contributed by atoms with Crippen molar-refractivity contribution in [1.29, 1.82) is 0 Å². The first-order chi connectivity index (χ1) is 16.5. The van der Waals surface area contributed by atoms with Crippen LogP contribution in [-0.2, 0) is 11.2 Å². The lowest BCUT2D eigenvalue weighted by molar-refractivity contribution is 0.0195. The Balaban J connectivity index is 1.28. The normalized spacial score (nSPS) is 17.8. The molecular formula is C30H32O4. The molecule has 3 aromatic carbocycles. The highest BCUT2D eigenvalue weighted by molar-refractivity contribution is 5.90. The summed E-state index contributed by atoms with van der Waals surface area (Å²) in [5, 5.41) is 9.04. The average Bonchev–Trinajstić information content (AvgIpc) is 2.88. The summed E-state index contributed by atoms with van der Waals surface area (Å²) in [5.74, 6) is -0.683. The minimum atomic E-state index is -0.945. The highest BCUT2D eigenvalue weighted by atomic mass is 16.5. The second-order valence-electron chi connectivity index (χ2n) is 9.18. The Morgan fingerprint density at radius 3 is 1.88 bits per heavy atom. The van der Waals surface area contributed by atoms with Crippen molar-refractivity contribution in [1.82, 2.24) is 0 Å². The molecule has 34 heavy (non-hydrogen) atoms. The summed E-state index contributed by atoms with van der Waals surface area (Å²) >= 11 is 0. The Morgan fingerprint density at radius 2 is 1.35 bits per heavy atom. The standard InChI is InChI=1S/C30H32O4/c1-2-3-4-21-5-7-22(8-6-21)25-17-19-28(20-18-25)34-30(33)27-15-11-24(12-16-27)23-9-13-26(14-10-23)29(31)32/h5-16,25,28H,2-4,17-20H2,1H3,(H,31,32). The molecule has 0 aromatic heterocycles. The van der Waals surface area contributed by atoms with E-state index >= 15 is 0 Å². The van der Waals surface area contributed by atoms with Crippen LogP contribution in [0.5, 0.6) is 0 Å². The fourth-order valence-corrected chi connectivity index (χ4v) is 4.67. The number of carbonyl (C=O) groups excluding carboxylic acids is 1. The summed E-state index contributed by atoms with van der Waals surface area (Å²) < 4.78 is 5.81. The molecule has 0 radical (unpaired) electrons. The smallest absolute Gasteiger partial charge is 0.338 e. The van der Waals surface area contributed by atoms with Crippen LogP contribution in [0.2, 0.25) is 0 Å². The molecular weight excluding hydrogens is 424 g/mol. The van der Waals surface area contributed by atoms with Crippen LogP contribution in [0.15, 0.2) is 72.8 Å². The number of esters is 1. The van der Waals surface area contributed by atoms with Gasteiger partial charge in [-0.3, -0.25) is 0 Å². The number of carboxylic acid groups (broad SMARTS) is 1. The predicted octanol–water partition coefficient (Wildman–Crippen LogP) is 7.28. The van der Waals surface area contributed by atoms with Gasteiger partial charge in [0.25, 0.3) is 0 Å². The van der Waals surface area contributed by atoms with E-state index in [1.54, 1.807) is 36.4 Å². The zero-order valence-electron chi connectivity index (χ0n) is 19.7. The van der Waals surface area contributed by atoms with Crippen molar-refractivity contribution in [2.45, 2.75) is 63.9 Å². The van der Waals surface area contributed by atoms with Gasteiger partial charge in [0, 0.05) is 0 Å². The number of benzene rings is 3. The second-order valence-corrected chi connectivity index (χ2v) is 9.18. The van der Waals surface area contributed by atoms with Crippen LogP contribution < -0.4 is 0 Å². The zero-order chi connectivity index (χ0) is 23.9. The summed E-state index contributed by atoms with van der Waals surface area (Å²) in [6.07, 6.45) is 7.43. The van der Waals surface area contributed by atoms with Gasteiger partial charge in [-0.1, -0.05) is 61.9 Å². The topological polar surface area (TPSA) is 63.6 Å². The van der Waals surface area contributed by atoms with Gasteiger partial charge in [0.2, 0.25) is 0 Å². The zero-order valence-corrected chi connectivity index (χ0v) is 19.7. The molecule has 0 saturated heterocycles. The van der Waals surface area contributed by atoms with Crippen LogP contribution in [0, 0.1) is 0 Å². The van der Waals surface area contributed by atoms with Gasteiger partial charge < -0.3 is 9.84 Å². The lowest BCUT2D eigenvalue weighted by Crippen LogP contribution is -2.24. The molecule has 1 saturated carbocycles. The quantitative estimate of drug-likeness (QED) is 0.362. The van der Waals surface area contributed by atoms with Crippen LogP contribution in [0.1, 0.15) is 83.2 Å². The largest absolute Gasteiger partial charge is 0.478 e. The first kappa shape index (κ1) is 23.7. The van der Waals surface area contributed by atoms with Crippen molar-refractivity contribution in [2.24, 2.45) is 0 Å². The maximum atomic E-state index is 12.7. The molecule has 0 amide bonds. The molecule has 1 aliphatic carbocycles. The van der Waals surface area contributed by atoms with E-state index in [9.17, 15) is 9.59 Å². The van der Waals surface area contributed by atoms with Gasteiger partial charge in [0.1, 0.15) is 6.10 Å². The van der Waals surface area contributed by atoms with E-state index in [1.807, 2.05) is 12.1 Å². The van der Waals surface area contributed by atoms with Crippen LogP contribution in [0.3, 0.4) is 0 Å². The number of aryl methyl sites for hydroxylation is 1. The summed E-state index contributed by atoms with van der Waals surface area (Å²) in [4.78, 5) is 23.7. The summed E-state index contributed by atoms with van der Waals surface area (Å²) in [5.41, 5.74) is 5.43. The molecule has 1 aliphatic rings. The average molecular weight is 457 g/mol. The van der Waals surface area contributed by atoms with Gasteiger partial charge in [-0.2, -0.15) is 0 Å². The van der Waals surface area contributed by atoms with Crippen molar-refractivity contribution in [3.63, 3.8) is 0 Å².